The molecule has 5 heteroatoms. The summed E-state index contributed by atoms with van der Waals surface area (Å²) in [6.07, 6.45) is 4.67. The second kappa shape index (κ2) is 5.72. The van der Waals surface area contributed by atoms with Gasteiger partial charge in [0.1, 0.15) is 0 Å². The van der Waals surface area contributed by atoms with E-state index in [9.17, 15) is 9.59 Å². The molecule has 2 bridgehead atoms. The summed E-state index contributed by atoms with van der Waals surface area (Å²) in [5, 5.41) is 8.94. The van der Waals surface area contributed by atoms with Crippen LogP contribution in [0.15, 0.2) is 0 Å². The highest BCUT2D eigenvalue weighted by atomic mass is 16.4. The molecule has 0 spiro atoms. The fraction of sp³-hybridized carbons (Fsp3) is 0.867. The number of hydrogen-bond acceptors (Lipinski definition) is 3. The lowest BCUT2D eigenvalue weighted by atomic mass is 9.82. The van der Waals surface area contributed by atoms with E-state index in [1.54, 1.807) is 0 Å². The molecule has 2 aliphatic rings. The zero-order chi connectivity index (χ0) is 14.9. The Balaban J connectivity index is 2.09. The Morgan fingerprint density at radius 3 is 2.25 bits per heavy atom. The lowest BCUT2D eigenvalue weighted by Crippen LogP contribution is -2.53. The molecule has 2 heterocycles. The van der Waals surface area contributed by atoms with Crippen molar-refractivity contribution in [1.82, 2.24) is 4.90 Å². The van der Waals surface area contributed by atoms with E-state index >= 15 is 0 Å². The van der Waals surface area contributed by atoms with Crippen LogP contribution >= 0.6 is 0 Å². The molecule has 3 unspecified atom stereocenters. The van der Waals surface area contributed by atoms with Crippen molar-refractivity contribution in [3.8, 4) is 0 Å². The number of carbonyl (C=O) groups excluding carboxylic acids is 1. The third-order valence-electron chi connectivity index (χ3n) is 5.28. The minimum atomic E-state index is -0.727. The van der Waals surface area contributed by atoms with Gasteiger partial charge in [0.25, 0.3) is 0 Å². The molecule has 0 aliphatic carbocycles. The van der Waals surface area contributed by atoms with Crippen molar-refractivity contribution in [2.45, 2.75) is 64.5 Å². The van der Waals surface area contributed by atoms with Gasteiger partial charge in [-0.3, -0.25) is 9.59 Å². The molecule has 0 aromatic heterocycles. The first-order valence-corrected chi connectivity index (χ1v) is 7.66. The van der Waals surface area contributed by atoms with Crippen molar-refractivity contribution in [2.24, 2.45) is 17.1 Å². The molecule has 1 amide bonds. The summed E-state index contributed by atoms with van der Waals surface area (Å²) in [6.45, 7) is 4.32. The Morgan fingerprint density at radius 2 is 1.85 bits per heavy atom. The molecule has 114 valence electrons. The van der Waals surface area contributed by atoms with Crippen LogP contribution in [0.5, 0.6) is 0 Å². The van der Waals surface area contributed by atoms with E-state index in [1.165, 1.54) is 0 Å². The van der Waals surface area contributed by atoms with Gasteiger partial charge in [-0.1, -0.05) is 6.92 Å². The Morgan fingerprint density at radius 1 is 1.30 bits per heavy atom. The van der Waals surface area contributed by atoms with Gasteiger partial charge in [-0.25, -0.2) is 0 Å². The van der Waals surface area contributed by atoms with E-state index in [2.05, 4.69) is 0 Å². The van der Waals surface area contributed by atoms with Gasteiger partial charge >= 0.3 is 5.97 Å². The number of piperidine rings is 1. The van der Waals surface area contributed by atoms with Crippen LogP contribution in [0.1, 0.15) is 52.4 Å². The molecule has 3 atom stereocenters. The van der Waals surface area contributed by atoms with Crippen molar-refractivity contribution in [1.29, 1.82) is 0 Å². The van der Waals surface area contributed by atoms with Crippen molar-refractivity contribution in [2.75, 3.05) is 6.54 Å². The van der Waals surface area contributed by atoms with Crippen LogP contribution in [0.2, 0.25) is 0 Å². The molecule has 2 rings (SSSR count). The number of carboxylic acids is 1. The third kappa shape index (κ3) is 2.68. The van der Waals surface area contributed by atoms with Crippen LogP contribution in [0.3, 0.4) is 0 Å². The molecule has 2 aliphatic heterocycles. The fourth-order valence-corrected chi connectivity index (χ4v) is 3.73. The van der Waals surface area contributed by atoms with E-state index in [1.807, 2.05) is 18.7 Å². The Bertz CT molecular complexity index is 379. The van der Waals surface area contributed by atoms with Gasteiger partial charge in [-0.2, -0.15) is 0 Å². The molecule has 2 saturated heterocycles. The molecule has 0 radical (unpaired) electrons. The van der Waals surface area contributed by atoms with E-state index < -0.39 is 11.4 Å². The highest BCUT2D eigenvalue weighted by Crippen LogP contribution is 2.42. The number of rotatable bonds is 5. The minimum Gasteiger partial charge on any atom is -0.481 e. The van der Waals surface area contributed by atoms with Crippen LogP contribution < -0.4 is 5.73 Å². The predicted octanol–water partition coefficient (Wildman–Crippen LogP) is 1.61. The lowest BCUT2D eigenvalue weighted by Gasteiger charge is -2.43. The first kappa shape index (κ1) is 15.3. The van der Waals surface area contributed by atoms with E-state index in [-0.39, 0.29) is 30.3 Å². The van der Waals surface area contributed by atoms with Crippen molar-refractivity contribution in [3.63, 3.8) is 0 Å². The summed E-state index contributed by atoms with van der Waals surface area (Å²) in [5.74, 6) is -0.335. The number of amides is 1. The fourth-order valence-electron chi connectivity index (χ4n) is 3.73. The number of nitrogens with zero attached hydrogens (tertiary/aromatic N) is 1. The molecule has 0 aromatic carbocycles. The molecular weight excluding hydrogens is 256 g/mol. The highest BCUT2D eigenvalue weighted by molar-refractivity contribution is 5.83. The number of carboxylic acid groups (broad SMARTS) is 1. The van der Waals surface area contributed by atoms with Crippen LogP contribution in [-0.2, 0) is 9.59 Å². The standard InChI is InChI=1S/C15H26N2O3/c1-3-15(2,9-16)14(20)17-11-4-5-12(17)7-10(6-11)8-13(18)19/h10-12H,3-9,16H2,1-2H3,(H,18,19). The van der Waals surface area contributed by atoms with Gasteiger partial charge in [0, 0.05) is 25.0 Å². The summed E-state index contributed by atoms with van der Waals surface area (Å²) in [6, 6.07) is 0.450. The summed E-state index contributed by atoms with van der Waals surface area (Å²) in [4.78, 5) is 25.7. The number of hydrogen-bond donors (Lipinski definition) is 2. The third-order valence-corrected chi connectivity index (χ3v) is 5.28. The first-order valence-electron chi connectivity index (χ1n) is 7.66. The molecule has 2 fully saturated rings. The number of fused-ring (bicyclic) bond motifs is 2. The molecule has 3 N–H and O–H groups in total. The quantitative estimate of drug-likeness (QED) is 0.802. The number of aliphatic carboxylic acids is 1. The minimum absolute atomic E-state index is 0.170. The van der Waals surface area contributed by atoms with Gasteiger partial charge in [0.15, 0.2) is 0 Å². The van der Waals surface area contributed by atoms with E-state index in [4.69, 9.17) is 10.8 Å². The average Bonchev–Trinajstić information content (AvgIpc) is 2.67. The predicted molar refractivity (Wildman–Crippen MR) is 76.1 cm³/mol. The van der Waals surface area contributed by atoms with E-state index in [0.29, 0.717) is 6.54 Å². The maximum atomic E-state index is 12.8. The SMILES string of the molecule is CCC(C)(CN)C(=O)N1C2CCC1CC(CC(=O)O)C2. The first-order chi connectivity index (χ1) is 9.41. The van der Waals surface area contributed by atoms with Gasteiger partial charge in [-0.05, 0) is 44.9 Å². The van der Waals surface area contributed by atoms with Gasteiger partial charge < -0.3 is 15.7 Å². The summed E-state index contributed by atoms with van der Waals surface area (Å²) < 4.78 is 0. The molecule has 0 aromatic rings. The molecule has 20 heavy (non-hydrogen) atoms. The van der Waals surface area contributed by atoms with Crippen LogP contribution in [0.25, 0.3) is 0 Å². The van der Waals surface area contributed by atoms with Crippen LogP contribution in [0.4, 0.5) is 0 Å². The maximum absolute atomic E-state index is 12.8. The van der Waals surface area contributed by atoms with Gasteiger partial charge in [0.2, 0.25) is 5.91 Å². The second-order valence-corrected chi connectivity index (χ2v) is 6.65. The van der Waals surface area contributed by atoms with Crippen LogP contribution in [0, 0.1) is 11.3 Å². The zero-order valence-electron chi connectivity index (χ0n) is 12.5. The van der Waals surface area contributed by atoms with E-state index in [0.717, 1.165) is 32.1 Å². The second-order valence-electron chi connectivity index (χ2n) is 6.65. The smallest absolute Gasteiger partial charge is 0.303 e. The summed E-state index contributed by atoms with van der Waals surface area (Å²) in [7, 11) is 0. The van der Waals surface area contributed by atoms with Crippen molar-refractivity contribution >= 4 is 11.9 Å². The lowest BCUT2D eigenvalue weighted by molar-refractivity contribution is -0.147. The zero-order valence-corrected chi connectivity index (χ0v) is 12.5. The molecule has 5 nitrogen and oxygen atoms in total. The number of nitrogens with two attached hydrogens (primary N) is 1. The Labute approximate surface area is 120 Å². The maximum Gasteiger partial charge on any atom is 0.303 e. The summed E-state index contributed by atoms with van der Waals surface area (Å²) >= 11 is 0. The Hall–Kier alpha value is -1.10. The topological polar surface area (TPSA) is 83.6 Å². The van der Waals surface area contributed by atoms with Crippen molar-refractivity contribution in [3.05, 3.63) is 0 Å². The number of carbonyl (C=O) groups is 2. The normalized spacial score (nSPS) is 31.9. The summed E-state index contributed by atoms with van der Waals surface area (Å²) in [5.41, 5.74) is 5.33. The van der Waals surface area contributed by atoms with Gasteiger partial charge in [0.05, 0.1) is 5.41 Å². The van der Waals surface area contributed by atoms with Crippen LogP contribution in [-0.4, -0.2) is 40.5 Å². The largest absolute Gasteiger partial charge is 0.481 e. The van der Waals surface area contributed by atoms with Crippen molar-refractivity contribution < 1.29 is 14.7 Å². The average molecular weight is 282 g/mol. The Kier molecular flexibility index (Phi) is 4.37. The molecular formula is C15H26N2O3. The highest BCUT2D eigenvalue weighted by Gasteiger charge is 2.47. The monoisotopic (exact) mass is 282 g/mol. The molecule has 0 saturated carbocycles. The van der Waals surface area contributed by atoms with Gasteiger partial charge in [-0.15, -0.1) is 0 Å².